The van der Waals surface area contributed by atoms with E-state index in [0.717, 1.165) is 23.3 Å². The Bertz CT molecular complexity index is 513. The molecule has 0 aromatic heterocycles. The maximum atomic E-state index is 13.0. The van der Waals surface area contributed by atoms with Crippen molar-refractivity contribution in [1.82, 2.24) is 0 Å². The Balaban J connectivity index is 2.06. The van der Waals surface area contributed by atoms with Crippen LogP contribution in [0.5, 0.6) is 5.75 Å². The van der Waals surface area contributed by atoms with Gasteiger partial charge in [0.25, 0.3) is 0 Å². The van der Waals surface area contributed by atoms with Crippen molar-refractivity contribution in [3.05, 3.63) is 65.5 Å². The van der Waals surface area contributed by atoms with Crippen LogP contribution in [0.3, 0.4) is 0 Å². The minimum absolute atomic E-state index is 0.244. The van der Waals surface area contributed by atoms with Crippen LogP contribution in [0.4, 0.5) is 4.39 Å². The zero-order chi connectivity index (χ0) is 12.8. The van der Waals surface area contributed by atoms with E-state index in [0.29, 0.717) is 13.2 Å². The average molecular weight is 245 g/mol. The van der Waals surface area contributed by atoms with Gasteiger partial charge in [0.2, 0.25) is 0 Å². The molecule has 2 aromatic rings. The molecule has 0 unspecified atom stereocenters. The van der Waals surface area contributed by atoms with Crippen molar-refractivity contribution >= 4 is 0 Å². The van der Waals surface area contributed by atoms with Crippen LogP contribution in [0.25, 0.3) is 0 Å². The van der Waals surface area contributed by atoms with E-state index >= 15 is 0 Å². The summed E-state index contributed by atoms with van der Waals surface area (Å²) in [6.07, 6.45) is 0.777. The molecule has 0 heterocycles. The summed E-state index contributed by atoms with van der Waals surface area (Å²) in [5, 5.41) is 0. The van der Waals surface area contributed by atoms with Gasteiger partial charge in [-0.3, -0.25) is 0 Å². The monoisotopic (exact) mass is 245 g/mol. The van der Waals surface area contributed by atoms with Gasteiger partial charge < -0.3 is 10.5 Å². The fraction of sp³-hybridized carbons (Fsp3) is 0.200. The number of hydrogen-bond acceptors (Lipinski definition) is 2. The SMILES string of the molecule is NCCc1ccccc1OCc1cccc(F)c1. The minimum atomic E-state index is -0.244. The zero-order valence-corrected chi connectivity index (χ0v) is 10.1. The fourth-order valence-corrected chi connectivity index (χ4v) is 1.79. The molecule has 0 bridgehead atoms. The Labute approximate surface area is 106 Å². The summed E-state index contributed by atoms with van der Waals surface area (Å²) in [4.78, 5) is 0. The highest BCUT2D eigenvalue weighted by Crippen LogP contribution is 2.19. The molecular formula is C15H16FNO. The number of benzene rings is 2. The lowest BCUT2D eigenvalue weighted by molar-refractivity contribution is 0.302. The van der Waals surface area contributed by atoms with Gasteiger partial charge >= 0.3 is 0 Å². The summed E-state index contributed by atoms with van der Waals surface area (Å²) >= 11 is 0. The minimum Gasteiger partial charge on any atom is -0.489 e. The molecule has 2 N–H and O–H groups in total. The molecule has 0 saturated heterocycles. The van der Waals surface area contributed by atoms with Crippen LogP contribution in [-0.2, 0) is 13.0 Å². The summed E-state index contributed by atoms with van der Waals surface area (Å²) in [7, 11) is 0. The number of para-hydroxylation sites is 1. The van der Waals surface area contributed by atoms with E-state index in [1.54, 1.807) is 6.07 Å². The van der Waals surface area contributed by atoms with Gasteiger partial charge in [-0.2, -0.15) is 0 Å². The fourth-order valence-electron chi connectivity index (χ4n) is 1.79. The van der Waals surface area contributed by atoms with Crippen LogP contribution >= 0.6 is 0 Å². The second-order valence-electron chi connectivity index (χ2n) is 4.06. The number of halogens is 1. The largest absolute Gasteiger partial charge is 0.489 e. The second kappa shape index (κ2) is 6.17. The maximum absolute atomic E-state index is 13.0. The average Bonchev–Trinajstić information content (AvgIpc) is 2.38. The molecule has 0 aliphatic heterocycles. The summed E-state index contributed by atoms with van der Waals surface area (Å²) < 4.78 is 18.7. The van der Waals surface area contributed by atoms with Gasteiger partial charge in [-0.05, 0) is 42.3 Å². The van der Waals surface area contributed by atoms with Crippen LogP contribution in [-0.4, -0.2) is 6.54 Å². The van der Waals surface area contributed by atoms with Crippen LogP contribution in [0.2, 0.25) is 0 Å². The van der Waals surface area contributed by atoms with E-state index in [-0.39, 0.29) is 5.82 Å². The smallest absolute Gasteiger partial charge is 0.123 e. The first-order chi connectivity index (χ1) is 8.79. The van der Waals surface area contributed by atoms with E-state index < -0.39 is 0 Å². The van der Waals surface area contributed by atoms with E-state index in [9.17, 15) is 4.39 Å². The maximum Gasteiger partial charge on any atom is 0.123 e. The number of ether oxygens (including phenoxy) is 1. The second-order valence-corrected chi connectivity index (χ2v) is 4.06. The third-order valence-electron chi connectivity index (χ3n) is 2.67. The molecule has 3 heteroatoms. The lowest BCUT2D eigenvalue weighted by Crippen LogP contribution is -2.05. The van der Waals surface area contributed by atoms with Crippen molar-refractivity contribution in [1.29, 1.82) is 0 Å². The highest BCUT2D eigenvalue weighted by molar-refractivity contribution is 5.33. The molecule has 0 fully saturated rings. The molecule has 0 spiro atoms. The van der Waals surface area contributed by atoms with Gasteiger partial charge in [-0.25, -0.2) is 4.39 Å². The van der Waals surface area contributed by atoms with Crippen molar-refractivity contribution in [2.75, 3.05) is 6.54 Å². The van der Waals surface area contributed by atoms with Crippen molar-refractivity contribution in [2.24, 2.45) is 5.73 Å². The molecule has 0 aliphatic rings. The third-order valence-corrected chi connectivity index (χ3v) is 2.67. The highest BCUT2D eigenvalue weighted by Gasteiger charge is 2.03. The van der Waals surface area contributed by atoms with Crippen LogP contribution < -0.4 is 10.5 Å². The highest BCUT2D eigenvalue weighted by atomic mass is 19.1. The van der Waals surface area contributed by atoms with Gasteiger partial charge in [0.05, 0.1) is 0 Å². The van der Waals surface area contributed by atoms with Crippen molar-refractivity contribution in [2.45, 2.75) is 13.0 Å². The van der Waals surface area contributed by atoms with Crippen LogP contribution in [0, 0.1) is 5.82 Å². The molecule has 0 saturated carbocycles. The quantitative estimate of drug-likeness (QED) is 0.879. The zero-order valence-electron chi connectivity index (χ0n) is 10.1. The van der Waals surface area contributed by atoms with E-state index in [1.165, 1.54) is 12.1 Å². The molecular weight excluding hydrogens is 229 g/mol. The topological polar surface area (TPSA) is 35.2 Å². The van der Waals surface area contributed by atoms with Crippen molar-refractivity contribution in [3.8, 4) is 5.75 Å². The first-order valence-electron chi connectivity index (χ1n) is 5.95. The predicted octanol–water partition coefficient (Wildman–Crippen LogP) is 2.91. The molecule has 2 aromatic carbocycles. The Hall–Kier alpha value is -1.87. The summed E-state index contributed by atoms with van der Waals surface area (Å²) in [6, 6.07) is 14.2. The molecule has 94 valence electrons. The van der Waals surface area contributed by atoms with Crippen molar-refractivity contribution in [3.63, 3.8) is 0 Å². The predicted molar refractivity (Wildman–Crippen MR) is 69.9 cm³/mol. The summed E-state index contributed by atoms with van der Waals surface area (Å²) in [5.41, 5.74) is 7.45. The third kappa shape index (κ3) is 3.31. The number of hydrogen-bond donors (Lipinski definition) is 1. The standard InChI is InChI=1S/C15H16FNO/c16-14-6-3-4-12(10-14)11-18-15-7-2-1-5-13(15)8-9-17/h1-7,10H,8-9,11,17H2. The van der Waals surface area contributed by atoms with Gasteiger partial charge in [0, 0.05) is 0 Å². The Morgan fingerprint density at radius 3 is 2.67 bits per heavy atom. The summed E-state index contributed by atoms with van der Waals surface area (Å²) in [6.45, 7) is 0.944. The van der Waals surface area contributed by atoms with Gasteiger partial charge in [-0.15, -0.1) is 0 Å². The molecule has 0 radical (unpaired) electrons. The van der Waals surface area contributed by atoms with E-state index in [2.05, 4.69) is 0 Å². The molecule has 0 amide bonds. The number of rotatable bonds is 5. The van der Waals surface area contributed by atoms with Gasteiger partial charge in [-0.1, -0.05) is 30.3 Å². The first-order valence-corrected chi connectivity index (χ1v) is 5.95. The normalized spacial score (nSPS) is 10.3. The van der Waals surface area contributed by atoms with Gasteiger partial charge in [0.1, 0.15) is 18.2 Å². The lowest BCUT2D eigenvalue weighted by atomic mass is 10.1. The summed E-state index contributed by atoms with van der Waals surface area (Å²) in [5.74, 6) is 0.568. The van der Waals surface area contributed by atoms with Crippen LogP contribution in [0.1, 0.15) is 11.1 Å². The van der Waals surface area contributed by atoms with Crippen LogP contribution in [0.15, 0.2) is 48.5 Å². The van der Waals surface area contributed by atoms with E-state index in [1.807, 2.05) is 30.3 Å². The molecule has 0 aliphatic carbocycles. The Morgan fingerprint density at radius 1 is 1.06 bits per heavy atom. The molecule has 2 rings (SSSR count). The Morgan fingerprint density at radius 2 is 1.89 bits per heavy atom. The van der Waals surface area contributed by atoms with Gasteiger partial charge in [0.15, 0.2) is 0 Å². The number of nitrogens with two attached hydrogens (primary N) is 1. The molecule has 0 atom stereocenters. The lowest BCUT2D eigenvalue weighted by Gasteiger charge is -2.10. The molecule has 2 nitrogen and oxygen atoms in total. The van der Waals surface area contributed by atoms with Crippen molar-refractivity contribution < 1.29 is 9.13 Å². The first kappa shape index (κ1) is 12.6. The molecule has 18 heavy (non-hydrogen) atoms. The van der Waals surface area contributed by atoms with E-state index in [4.69, 9.17) is 10.5 Å². The Kier molecular flexibility index (Phi) is 4.31.